The molecule has 0 radical (unpaired) electrons. The number of rotatable bonds is 8. The zero-order valence-corrected chi connectivity index (χ0v) is 16.5. The summed E-state index contributed by atoms with van der Waals surface area (Å²) in [4.78, 5) is 19.8. The Labute approximate surface area is 159 Å². The highest BCUT2D eigenvalue weighted by molar-refractivity contribution is 7.92. The van der Waals surface area contributed by atoms with Gasteiger partial charge in [-0.05, 0) is 5.56 Å². The van der Waals surface area contributed by atoms with E-state index in [2.05, 4.69) is 20.9 Å². The van der Waals surface area contributed by atoms with Crippen molar-refractivity contribution in [1.29, 1.82) is 0 Å². The van der Waals surface area contributed by atoms with Gasteiger partial charge in [0.2, 0.25) is 21.9 Å². The smallest absolute Gasteiger partial charge is 0.342 e. The zero-order valence-electron chi connectivity index (χ0n) is 15.7. The molecule has 0 unspecified atom stereocenters. The molecule has 0 aliphatic rings. The van der Waals surface area contributed by atoms with E-state index in [4.69, 9.17) is 11.3 Å². The van der Waals surface area contributed by atoms with Gasteiger partial charge >= 0.3 is 6.01 Å². The average molecular weight is 390 g/mol. The summed E-state index contributed by atoms with van der Waals surface area (Å²) in [6.07, 6.45) is 6.34. The molecule has 0 saturated carbocycles. The highest BCUT2D eigenvalue weighted by Gasteiger charge is 2.23. The van der Waals surface area contributed by atoms with Gasteiger partial charge in [-0.2, -0.15) is 15.0 Å². The first-order chi connectivity index (χ1) is 12.7. The van der Waals surface area contributed by atoms with E-state index in [1.807, 2.05) is 30.3 Å². The number of terminal acetylenes is 1. The summed E-state index contributed by atoms with van der Waals surface area (Å²) in [6.45, 7) is 0.311. The van der Waals surface area contributed by atoms with Crippen LogP contribution < -0.4 is 14.0 Å². The molecule has 0 aliphatic heterocycles. The zero-order chi connectivity index (χ0) is 20.0. The lowest BCUT2D eigenvalue weighted by Crippen LogP contribution is -2.33. The minimum absolute atomic E-state index is 0.0365. The summed E-state index contributed by atoms with van der Waals surface area (Å²) in [5, 5.41) is 1.39. The third-order valence-electron chi connectivity index (χ3n) is 3.32. The van der Waals surface area contributed by atoms with Crippen molar-refractivity contribution >= 4 is 21.9 Å². The summed E-state index contributed by atoms with van der Waals surface area (Å²) in [5.74, 6) is 2.46. The second kappa shape index (κ2) is 8.66. The fraction of sp³-hybridized carbons (Fsp3) is 0.353. The van der Waals surface area contributed by atoms with Gasteiger partial charge in [0.1, 0.15) is 0 Å². The summed E-state index contributed by atoms with van der Waals surface area (Å²) < 4.78 is 25.1. The van der Waals surface area contributed by atoms with E-state index in [0.29, 0.717) is 6.54 Å². The predicted octanol–water partition coefficient (Wildman–Crippen LogP) is 0.763. The third kappa shape index (κ3) is 5.80. The number of hydroxylamine groups is 2. The van der Waals surface area contributed by atoms with Crippen LogP contribution in [0.5, 0.6) is 6.01 Å². The van der Waals surface area contributed by atoms with Crippen LogP contribution in [-0.4, -0.2) is 62.4 Å². The second-order valence-electron chi connectivity index (χ2n) is 5.94. The first kappa shape index (κ1) is 20.4. The summed E-state index contributed by atoms with van der Waals surface area (Å²) in [7, 11) is 1.43. The van der Waals surface area contributed by atoms with Crippen LogP contribution in [0.2, 0.25) is 0 Å². The molecule has 1 aromatic carbocycles. The van der Waals surface area contributed by atoms with Gasteiger partial charge in [0.15, 0.2) is 0 Å². The van der Waals surface area contributed by atoms with Crippen LogP contribution >= 0.6 is 0 Å². The fourth-order valence-corrected chi connectivity index (χ4v) is 2.86. The molecule has 0 saturated heterocycles. The molecule has 1 heterocycles. The van der Waals surface area contributed by atoms with E-state index in [-0.39, 0.29) is 24.5 Å². The third-order valence-corrected chi connectivity index (χ3v) is 4.41. The van der Waals surface area contributed by atoms with Gasteiger partial charge in [0, 0.05) is 27.7 Å². The van der Waals surface area contributed by atoms with E-state index in [1.54, 1.807) is 26.0 Å². The Morgan fingerprint density at radius 1 is 1.07 bits per heavy atom. The molecule has 0 N–H and O–H groups in total. The van der Waals surface area contributed by atoms with E-state index in [9.17, 15) is 8.42 Å². The Hall–Kier alpha value is -2.90. The van der Waals surface area contributed by atoms with Gasteiger partial charge in [-0.1, -0.05) is 36.3 Å². The van der Waals surface area contributed by atoms with Gasteiger partial charge in [0.05, 0.1) is 12.8 Å². The van der Waals surface area contributed by atoms with Crippen molar-refractivity contribution in [3.63, 3.8) is 0 Å². The first-order valence-electron chi connectivity index (χ1n) is 7.98. The molecule has 0 spiro atoms. The summed E-state index contributed by atoms with van der Waals surface area (Å²) >= 11 is 0. The molecule has 0 bridgehead atoms. The number of hydrogen-bond acceptors (Lipinski definition) is 8. The first-order valence-corrected chi connectivity index (χ1v) is 9.83. The molecule has 0 aliphatic carbocycles. The number of sulfonamides is 1. The van der Waals surface area contributed by atoms with Crippen LogP contribution in [0.25, 0.3) is 0 Å². The van der Waals surface area contributed by atoms with E-state index >= 15 is 0 Å². The van der Waals surface area contributed by atoms with Crippen LogP contribution in [0, 0.1) is 12.3 Å². The Morgan fingerprint density at radius 2 is 1.70 bits per heavy atom. The van der Waals surface area contributed by atoms with E-state index in [1.165, 1.54) is 5.06 Å². The standard InChI is InChI=1S/C17H22N6O3S/c1-6-12-23(27(5,24)25)16-18-15(19-17(20-16)26-21(2)3)22(4)13-14-10-8-7-9-11-14/h1,7-11H,12-13H2,2-5H3. The van der Waals surface area contributed by atoms with Crippen LogP contribution in [0.15, 0.2) is 30.3 Å². The topological polar surface area (TPSA) is 91.8 Å². The van der Waals surface area contributed by atoms with Crippen LogP contribution in [-0.2, 0) is 16.6 Å². The van der Waals surface area contributed by atoms with Crippen molar-refractivity contribution in [2.45, 2.75) is 6.54 Å². The molecule has 144 valence electrons. The van der Waals surface area contributed by atoms with Gasteiger partial charge in [-0.3, -0.25) is 0 Å². The van der Waals surface area contributed by atoms with Crippen molar-refractivity contribution in [2.75, 3.05) is 43.1 Å². The minimum atomic E-state index is -3.68. The van der Waals surface area contributed by atoms with Crippen molar-refractivity contribution in [3.05, 3.63) is 35.9 Å². The number of nitrogens with zero attached hydrogens (tertiary/aromatic N) is 6. The molecule has 2 rings (SSSR count). The molecule has 0 amide bonds. The number of benzene rings is 1. The highest BCUT2D eigenvalue weighted by atomic mass is 32.2. The number of anilines is 2. The Balaban J connectivity index is 2.45. The number of aromatic nitrogens is 3. The maximum atomic E-state index is 12.1. The molecule has 10 heteroatoms. The molecule has 2 aromatic rings. The molecule has 1 aromatic heterocycles. The second-order valence-corrected chi connectivity index (χ2v) is 7.84. The van der Waals surface area contributed by atoms with Gasteiger partial charge in [0.25, 0.3) is 0 Å². The monoisotopic (exact) mass is 390 g/mol. The van der Waals surface area contributed by atoms with Crippen molar-refractivity contribution < 1.29 is 13.3 Å². The van der Waals surface area contributed by atoms with Gasteiger partial charge in [-0.25, -0.2) is 12.7 Å². The lowest BCUT2D eigenvalue weighted by atomic mass is 10.2. The van der Waals surface area contributed by atoms with Crippen molar-refractivity contribution in [3.8, 4) is 18.4 Å². The maximum Gasteiger partial charge on any atom is 0.342 e. The molecule has 0 fully saturated rings. The normalized spacial score (nSPS) is 11.1. The fourth-order valence-electron chi connectivity index (χ4n) is 2.17. The highest BCUT2D eigenvalue weighted by Crippen LogP contribution is 2.20. The van der Waals surface area contributed by atoms with Crippen LogP contribution in [0.4, 0.5) is 11.9 Å². The van der Waals surface area contributed by atoms with Crippen LogP contribution in [0.3, 0.4) is 0 Å². The minimum Gasteiger partial charge on any atom is -0.366 e. The lowest BCUT2D eigenvalue weighted by molar-refractivity contribution is -0.0137. The van der Waals surface area contributed by atoms with Crippen molar-refractivity contribution in [2.24, 2.45) is 0 Å². The van der Waals surface area contributed by atoms with E-state index < -0.39 is 10.0 Å². The Kier molecular flexibility index (Phi) is 6.55. The van der Waals surface area contributed by atoms with E-state index in [0.717, 1.165) is 16.1 Å². The average Bonchev–Trinajstić information content (AvgIpc) is 2.58. The molecular formula is C17H22N6O3S. The molecular weight excluding hydrogens is 368 g/mol. The van der Waals surface area contributed by atoms with Gasteiger partial charge in [-0.15, -0.1) is 11.5 Å². The Bertz CT molecular complexity index is 912. The molecule has 27 heavy (non-hydrogen) atoms. The molecule has 9 nitrogen and oxygen atoms in total. The number of hydrogen-bond donors (Lipinski definition) is 0. The summed E-state index contributed by atoms with van der Waals surface area (Å²) in [6, 6.07) is 9.69. The van der Waals surface area contributed by atoms with Gasteiger partial charge < -0.3 is 9.74 Å². The molecule has 0 atom stereocenters. The Morgan fingerprint density at radius 3 is 2.26 bits per heavy atom. The SMILES string of the molecule is C#CCN(c1nc(ON(C)C)nc(N(C)Cc2ccccc2)n1)S(C)(=O)=O. The summed E-state index contributed by atoms with van der Waals surface area (Å²) in [5.41, 5.74) is 1.04. The lowest BCUT2D eigenvalue weighted by Gasteiger charge is -2.22. The maximum absolute atomic E-state index is 12.1. The van der Waals surface area contributed by atoms with Crippen molar-refractivity contribution in [1.82, 2.24) is 20.0 Å². The van der Waals surface area contributed by atoms with Crippen LogP contribution in [0.1, 0.15) is 5.56 Å². The predicted molar refractivity (Wildman–Crippen MR) is 104 cm³/mol. The quantitative estimate of drug-likeness (QED) is 0.482. The largest absolute Gasteiger partial charge is 0.366 e.